The lowest BCUT2D eigenvalue weighted by molar-refractivity contribution is 0.307. The number of thiophene rings is 1. The van der Waals surface area contributed by atoms with Crippen LogP contribution in [0.15, 0.2) is 11.4 Å². The molecule has 0 spiro atoms. The zero-order valence-corrected chi connectivity index (χ0v) is 9.70. The van der Waals surface area contributed by atoms with Gasteiger partial charge >= 0.3 is 0 Å². The molecular weight excluding hydrogens is 190 g/mol. The van der Waals surface area contributed by atoms with Gasteiger partial charge in [-0.05, 0) is 55.2 Å². The minimum absolute atomic E-state index is 0.438. The van der Waals surface area contributed by atoms with Crippen molar-refractivity contribution in [3.8, 4) is 0 Å². The number of rotatable bonds is 3. The normalized spacial score (nSPS) is 20.1. The lowest BCUT2D eigenvalue weighted by Gasteiger charge is -2.26. The number of aryl methyl sites for hydroxylation is 1. The second-order valence-corrected chi connectivity index (χ2v) is 5.77. The largest absolute Gasteiger partial charge is 0.330 e. The zero-order valence-electron chi connectivity index (χ0n) is 8.88. The summed E-state index contributed by atoms with van der Waals surface area (Å²) in [7, 11) is 0. The van der Waals surface area contributed by atoms with Crippen LogP contribution in [0.3, 0.4) is 0 Å². The molecule has 0 radical (unpaired) electrons. The molecule has 0 bridgehead atoms. The molecule has 78 valence electrons. The van der Waals surface area contributed by atoms with E-state index in [-0.39, 0.29) is 0 Å². The van der Waals surface area contributed by atoms with Crippen molar-refractivity contribution in [2.75, 3.05) is 6.54 Å². The van der Waals surface area contributed by atoms with E-state index >= 15 is 0 Å². The monoisotopic (exact) mass is 209 g/mol. The van der Waals surface area contributed by atoms with Crippen LogP contribution in [-0.2, 0) is 6.42 Å². The molecule has 1 aromatic rings. The molecule has 2 N–H and O–H groups in total. The van der Waals surface area contributed by atoms with Crippen molar-refractivity contribution in [3.63, 3.8) is 0 Å². The van der Waals surface area contributed by atoms with E-state index in [0.29, 0.717) is 5.41 Å². The quantitative estimate of drug-likeness (QED) is 0.813. The topological polar surface area (TPSA) is 26.0 Å². The van der Waals surface area contributed by atoms with E-state index in [1.165, 1.54) is 42.5 Å². The molecule has 0 amide bonds. The Bertz CT molecular complexity index is 297. The molecule has 1 saturated carbocycles. The Morgan fingerprint density at radius 3 is 2.64 bits per heavy atom. The molecule has 1 aliphatic carbocycles. The van der Waals surface area contributed by atoms with E-state index in [4.69, 9.17) is 5.73 Å². The van der Waals surface area contributed by atoms with Gasteiger partial charge in [-0.1, -0.05) is 12.8 Å². The van der Waals surface area contributed by atoms with Gasteiger partial charge in [-0.2, -0.15) is 0 Å². The van der Waals surface area contributed by atoms with E-state index in [2.05, 4.69) is 18.4 Å². The van der Waals surface area contributed by atoms with E-state index in [1.54, 1.807) is 0 Å². The fourth-order valence-electron chi connectivity index (χ4n) is 2.60. The van der Waals surface area contributed by atoms with Crippen LogP contribution in [0.4, 0.5) is 0 Å². The summed E-state index contributed by atoms with van der Waals surface area (Å²) >= 11 is 1.86. The van der Waals surface area contributed by atoms with E-state index < -0.39 is 0 Å². The molecule has 0 unspecified atom stereocenters. The zero-order chi connectivity index (χ0) is 10.0. The van der Waals surface area contributed by atoms with Gasteiger partial charge in [0.2, 0.25) is 0 Å². The second-order valence-electron chi connectivity index (χ2n) is 4.65. The highest BCUT2D eigenvalue weighted by atomic mass is 32.1. The van der Waals surface area contributed by atoms with E-state index in [1.807, 2.05) is 11.3 Å². The summed E-state index contributed by atoms with van der Waals surface area (Å²) in [6, 6.07) is 2.32. The highest BCUT2D eigenvalue weighted by Gasteiger charge is 2.32. The summed E-state index contributed by atoms with van der Waals surface area (Å²) in [5.74, 6) is 0. The van der Waals surface area contributed by atoms with Crippen LogP contribution >= 0.6 is 11.3 Å². The van der Waals surface area contributed by atoms with Gasteiger partial charge in [0.1, 0.15) is 0 Å². The molecule has 1 fully saturated rings. The van der Waals surface area contributed by atoms with Crippen LogP contribution in [0.25, 0.3) is 0 Å². The van der Waals surface area contributed by atoms with Crippen molar-refractivity contribution in [2.24, 2.45) is 11.1 Å². The Kier molecular flexibility index (Phi) is 2.93. The summed E-state index contributed by atoms with van der Waals surface area (Å²) in [5, 5.41) is 2.30. The summed E-state index contributed by atoms with van der Waals surface area (Å²) in [6.07, 6.45) is 6.62. The molecule has 1 aromatic heterocycles. The van der Waals surface area contributed by atoms with Crippen molar-refractivity contribution in [1.29, 1.82) is 0 Å². The Morgan fingerprint density at radius 1 is 1.43 bits per heavy atom. The molecule has 0 saturated heterocycles. The number of hydrogen-bond donors (Lipinski definition) is 1. The van der Waals surface area contributed by atoms with Crippen molar-refractivity contribution in [3.05, 3.63) is 21.9 Å². The van der Waals surface area contributed by atoms with Crippen LogP contribution in [0, 0.1) is 12.3 Å². The third-order valence-corrected chi connectivity index (χ3v) is 4.37. The maximum Gasteiger partial charge on any atom is 0.00170 e. The summed E-state index contributed by atoms with van der Waals surface area (Å²) in [6.45, 7) is 3.04. The lowest BCUT2D eigenvalue weighted by atomic mass is 9.81. The maximum atomic E-state index is 5.93. The molecule has 1 aliphatic rings. The Balaban J connectivity index is 2.08. The lowest BCUT2D eigenvalue weighted by Crippen LogP contribution is -2.29. The summed E-state index contributed by atoms with van der Waals surface area (Å²) in [4.78, 5) is 1.42. The SMILES string of the molecule is Cc1cc(CC2(CN)CCCC2)cs1. The first kappa shape index (κ1) is 10.2. The highest BCUT2D eigenvalue weighted by Crippen LogP contribution is 2.40. The van der Waals surface area contributed by atoms with Gasteiger partial charge in [0.25, 0.3) is 0 Å². The van der Waals surface area contributed by atoms with E-state index in [9.17, 15) is 0 Å². The molecule has 2 rings (SSSR count). The molecule has 0 atom stereocenters. The van der Waals surface area contributed by atoms with Gasteiger partial charge in [-0.3, -0.25) is 0 Å². The smallest absolute Gasteiger partial charge is 0.00170 e. The summed E-state index contributed by atoms with van der Waals surface area (Å²) in [5.41, 5.74) is 7.86. The van der Waals surface area contributed by atoms with Gasteiger partial charge in [0.15, 0.2) is 0 Å². The maximum absolute atomic E-state index is 5.93. The minimum Gasteiger partial charge on any atom is -0.330 e. The molecule has 0 aromatic carbocycles. The van der Waals surface area contributed by atoms with Crippen LogP contribution < -0.4 is 5.73 Å². The van der Waals surface area contributed by atoms with Crippen molar-refractivity contribution in [2.45, 2.75) is 39.0 Å². The first-order valence-electron chi connectivity index (χ1n) is 5.48. The van der Waals surface area contributed by atoms with Gasteiger partial charge in [-0.15, -0.1) is 11.3 Å². The van der Waals surface area contributed by atoms with Crippen LogP contribution in [0.1, 0.15) is 36.1 Å². The predicted molar refractivity (Wildman–Crippen MR) is 62.7 cm³/mol. The average Bonchev–Trinajstić information content (AvgIpc) is 2.77. The Labute approximate surface area is 90.3 Å². The van der Waals surface area contributed by atoms with Crippen molar-refractivity contribution < 1.29 is 0 Å². The van der Waals surface area contributed by atoms with Crippen LogP contribution in [0.2, 0.25) is 0 Å². The average molecular weight is 209 g/mol. The standard InChI is InChI=1S/C12H19NS/c1-10-6-11(8-14-10)7-12(9-13)4-2-3-5-12/h6,8H,2-5,7,9,13H2,1H3. The number of nitrogens with two attached hydrogens (primary N) is 1. The molecule has 2 heteroatoms. The third-order valence-electron chi connectivity index (χ3n) is 3.46. The highest BCUT2D eigenvalue weighted by molar-refractivity contribution is 7.10. The van der Waals surface area contributed by atoms with Crippen molar-refractivity contribution in [1.82, 2.24) is 0 Å². The molecule has 1 nitrogen and oxygen atoms in total. The van der Waals surface area contributed by atoms with Gasteiger partial charge in [0.05, 0.1) is 0 Å². The van der Waals surface area contributed by atoms with Gasteiger partial charge in [-0.25, -0.2) is 0 Å². The predicted octanol–water partition coefficient (Wildman–Crippen LogP) is 3.12. The molecule has 1 heterocycles. The fraction of sp³-hybridized carbons (Fsp3) is 0.667. The van der Waals surface area contributed by atoms with Gasteiger partial charge in [0, 0.05) is 4.88 Å². The second kappa shape index (κ2) is 4.03. The summed E-state index contributed by atoms with van der Waals surface area (Å²) < 4.78 is 0. The first-order valence-corrected chi connectivity index (χ1v) is 6.36. The molecule has 14 heavy (non-hydrogen) atoms. The Hall–Kier alpha value is -0.340. The fourth-order valence-corrected chi connectivity index (χ4v) is 3.31. The van der Waals surface area contributed by atoms with Gasteiger partial charge < -0.3 is 5.73 Å². The van der Waals surface area contributed by atoms with Crippen LogP contribution in [-0.4, -0.2) is 6.54 Å². The van der Waals surface area contributed by atoms with E-state index in [0.717, 1.165) is 6.54 Å². The first-order chi connectivity index (χ1) is 6.74. The van der Waals surface area contributed by atoms with Crippen molar-refractivity contribution >= 4 is 11.3 Å². The molecule has 0 aliphatic heterocycles. The third kappa shape index (κ3) is 2.01. The molecular formula is C12H19NS. The Morgan fingerprint density at radius 2 is 2.14 bits per heavy atom. The van der Waals surface area contributed by atoms with Crippen LogP contribution in [0.5, 0.6) is 0 Å². The number of hydrogen-bond acceptors (Lipinski definition) is 2. The minimum atomic E-state index is 0.438.